The van der Waals surface area contributed by atoms with Crippen LogP contribution in [0.3, 0.4) is 0 Å². The van der Waals surface area contributed by atoms with Crippen LogP contribution in [-0.2, 0) is 9.53 Å². The van der Waals surface area contributed by atoms with Crippen molar-refractivity contribution in [2.75, 3.05) is 13.1 Å². The molecule has 5 heteroatoms. The van der Waals surface area contributed by atoms with Gasteiger partial charge in [0.1, 0.15) is 0 Å². The minimum atomic E-state index is -0.391. The molecule has 2 aliphatic rings. The highest BCUT2D eigenvalue weighted by molar-refractivity contribution is 7.08. The first kappa shape index (κ1) is 11.7. The maximum absolute atomic E-state index is 12.4. The molecule has 1 fully saturated rings. The quantitative estimate of drug-likeness (QED) is 0.822. The number of ether oxygens (including phenoxy) is 1. The van der Waals surface area contributed by atoms with Crippen LogP contribution < -0.4 is 0 Å². The molecule has 3 rings (SSSR count). The van der Waals surface area contributed by atoms with Crippen molar-refractivity contribution in [3.05, 3.63) is 22.4 Å². The summed E-state index contributed by atoms with van der Waals surface area (Å²) in [6.45, 7) is 1.72. The molecule has 0 N–H and O–H groups in total. The van der Waals surface area contributed by atoms with Gasteiger partial charge in [0.2, 0.25) is 0 Å². The lowest BCUT2D eigenvalue weighted by Crippen LogP contribution is -2.42. The van der Waals surface area contributed by atoms with Crippen molar-refractivity contribution in [3.8, 4) is 0 Å². The fourth-order valence-electron chi connectivity index (χ4n) is 2.51. The zero-order valence-electron chi connectivity index (χ0n) is 10.1. The average Bonchev–Trinajstić information content (AvgIpc) is 3.09. The number of carbonyl (C=O) groups excluding carboxylic acids is 1. The van der Waals surface area contributed by atoms with E-state index in [2.05, 4.69) is 4.99 Å². The summed E-state index contributed by atoms with van der Waals surface area (Å²) in [5, 5.41) is 4.02. The molecule has 96 valence electrons. The number of piperidine rings is 1. The lowest BCUT2D eigenvalue weighted by atomic mass is 10.0. The summed E-state index contributed by atoms with van der Waals surface area (Å²) in [7, 11) is 0. The van der Waals surface area contributed by atoms with Crippen LogP contribution in [-0.4, -0.2) is 36.3 Å². The molecule has 1 aromatic rings. The minimum absolute atomic E-state index is 0.111. The second-order valence-electron chi connectivity index (χ2n) is 4.70. The fourth-order valence-corrected chi connectivity index (χ4v) is 3.20. The van der Waals surface area contributed by atoms with E-state index in [1.807, 2.05) is 21.7 Å². The van der Waals surface area contributed by atoms with Crippen molar-refractivity contribution in [1.29, 1.82) is 0 Å². The summed E-state index contributed by atoms with van der Waals surface area (Å²) < 4.78 is 5.49. The molecule has 4 nitrogen and oxygen atoms in total. The van der Waals surface area contributed by atoms with Gasteiger partial charge < -0.3 is 9.64 Å². The Morgan fingerprint density at radius 1 is 1.39 bits per heavy atom. The van der Waals surface area contributed by atoms with Gasteiger partial charge in [-0.1, -0.05) is 0 Å². The molecule has 2 atom stereocenters. The lowest BCUT2D eigenvalue weighted by Gasteiger charge is -2.29. The largest absolute Gasteiger partial charge is 0.473 e. The number of likely N-dealkylation sites (tertiary alicyclic amines) is 1. The number of hydrogen-bond acceptors (Lipinski definition) is 4. The first-order valence-corrected chi connectivity index (χ1v) is 7.28. The highest BCUT2D eigenvalue weighted by Gasteiger charge is 2.37. The summed E-state index contributed by atoms with van der Waals surface area (Å²) in [6.07, 6.45) is 4.63. The highest BCUT2D eigenvalue weighted by Crippen LogP contribution is 2.30. The average molecular weight is 264 g/mol. The molecule has 2 aliphatic heterocycles. The Bertz CT molecular complexity index is 438. The number of amides is 1. The van der Waals surface area contributed by atoms with Crippen LogP contribution in [0, 0.1) is 0 Å². The van der Waals surface area contributed by atoms with Gasteiger partial charge in [0.05, 0.1) is 0 Å². The van der Waals surface area contributed by atoms with Gasteiger partial charge in [0.15, 0.2) is 18.5 Å². The SMILES string of the molecule is O=C(C1N=CO[C@@H]1c1ccsc1)N1CCCCC1. The van der Waals surface area contributed by atoms with Crippen molar-refractivity contribution >= 4 is 23.6 Å². The maximum atomic E-state index is 12.4. The standard InChI is InChI=1S/C13H16N2O2S/c16-13(15-5-2-1-3-6-15)11-12(17-9-14-11)10-4-7-18-8-10/h4,7-9,11-12H,1-3,5-6H2/t11?,12-/m1/s1. The number of aliphatic imine (C=N–C) groups is 1. The van der Waals surface area contributed by atoms with Gasteiger partial charge in [-0.15, -0.1) is 0 Å². The normalized spacial score (nSPS) is 27.2. The minimum Gasteiger partial charge on any atom is -0.473 e. The summed E-state index contributed by atoms with van der Waals surface area (Å²) in [5.41, 5.74) is 1.05. The molecule has 0 aliphatic carbocycles. The van der Waals surface area contributed by atoms with E-state index in [0.717, 1.165) is 31.5 Å². The predicted molar refractivity (Wildman–Crippen MR) is 70.9 cm³/mol. The van der Waals surface area contributed by atoms with E-state index < -0.39 is 6.04 Å². The molecule has 1 unspecified atom stereocenters. The third kappa shape index (κ3) is 2.14. The first-order valence-electron chi connectivity index (χ1n) is 6.34. The van der Waals surface area contributed by atoms with Gasteiger partial charge in [-0.05, 0) is 36.1 Å². The molecule has 1 amide bonds. The lowest BCUT2D eigenvalue weighted by molar-refractivity contribution is -0.135. The molecule has 0 radical (unpaired) electrons. The topological polar surface area (TPSA) is 41.9 Å². The van der Waals surface area contributed by atoms with Crippen molar-refractivity contribution in [3.63, 3.8) is 0 Å². The predicted octanol–water partition coefficient (Wildman–Crippen LogP) is 2.23. The summed E-state index contributed by atoms with van der Waals surface area (Å²) in [6, 6.07) is 1.61. The fraction of sp³-hybridized carbons (Fsp3) is 0.538. The van der Waals surface area contributed by atoms with E-state index in [4.69, 9.17) is 4.74 Å². The number of hydrogen-bond donors (Lipinski definition) is 0. The second kappa shape index (κ2) is 5.10. The molecule has 0 aromatic carbocycles. The van der Waals surface area contributed by atoms with Crippen molar-refractivity contribution < 1.29 is 9.53 Å². The van der Waals surface area contributed by atoms with Crippen LogP contribution in [0.4, 0.5) is 0 Å². The molecule has 1 aromatic heterocycles. The van der Waals surface area contributed by atoms with Crippen LogP contribution in [0.15, 0.2) is 21.8 Å². The van der Waals surface area contributed by atoms with Gasteiger partial charge in [0, 0.05) is 18.7 Å². The zero-order valence-corrected chi connectivity index (χ0v) is 10.9. The molecular formula is C13H16N2O2S. The monoisotopic (exact) mass is 264 g/mol. The van der Waals surface area contributed by atoms with Gasteiger partial charge in [-0.2, -0.15) is 11.3 Å². The number of thiophene rings is 1. The van der Waals surface area contributed by atoms with E-state index in [1.165, 1.54) is 12.8 Å². The van der Waals surface area contributed by atoms with Crippen molar-refractivity contribution in [1.82, 2.24) is 4.90 Å². The van der Waals surface area contributed by atoms with Crippen molar-refractivity contribution in [2.24, 2.45) is 4.99 Å². The van der Waals surface area contributed by atoms with Crippen LogP contribution in [0.2, 0.25) is 0 Å². The first-order chi connectivity index (χ1) is 8.86. The molecule has 0 bridgehead atoms. The Morgan fingerprint density at radius 3 is 2.94 bits per heavy atom. The van der Waals surface area contributed by atoms with Gasteiger partial charge in [-0.3, -0.25) is 4.79 Å². The molecule has 0 spiro atoms. The smallest absolute Gasteiger partial charge is 0.251 e. The highest BCUT2D eigenvalue weighted by atomic mass is 32.1. The Balaban J connectivity index is 1.73. The summed E-state index contributed by atoms with van der Waals surface area (Å²) in [5.74, 6) is 0.111. The number of nitrogens with zero attached hydrogens (tertiary/aromatic N) is 2. The van der Waals surface area contributed by atoms with E-state index in [9.17, 15) is 4.79 Å². The van der Waals surface area contributed by atoms with Crippen LogP contribution in [0.5, 0.6) is 0 Å². The zero-order chi connectivity index (χ0) is 12.4. The summed E-state index contributed by atoms with van der Waals surface area (Å²) >= 11 is 1.62. The van der Waals surface area contributed by atoms with Crippen LogP contribution in [0.25, 0.3) is 0 Å². The molecule has 1 saturated heterocycles. The summed E-state index contributed by atoms with van der Waals surface area (Å²) in [4.78, 5) is 18.6. The molecule has 18 heavy (non-hydrogen) atoms. The number of rotatable bonds is 2. The third-order valence-corrected chi connectivity index (χ3v) is 4.21. The Kier molecular flexibility index (Phi) is 3.32. The van der Waals surface area contributed by atoms with E-state index in [0.29, 0.717) is 0 Å². The molecule has 3 heterocycles. The van der Waals surface area contributed by atoms with E-state index in [1.54, 1.807) is 11.3 Å². The van der Waals surface area contributed by atoms with Gasteiger partial charge >= 0.3 is 0 Å². The Hall–Kier alpha value is -1.36. The van der Waals surface area contributed by atoms with E-state index in [-0.39, 0.29) is 12.0 Å². The third-order valence-electron chi connectivity index (χ3n) is 3.51. The van der Waals surface area contributed by atoms with Gasteiger partial charge in [0.25, 0.3) is 5.91 Å². The van der Waals surface area contributed by atoms with Crippen LogP contribution >= 0.6 is 11.3 Å². The number of carbonyl (C=O) groups is 1. The van der Waals surface area contributed by atoms with Gasteiger partial charge in [-0.25, -0.2) is 4.99 Å². The molecular weight excluding hydrogens is 248 g/mol. The van der Waals surface area contributed by atoms with Crippen LogP contribution in [0.1, 0.15) is 30.9 Å². The Morgan fingerprint density at radius 2 is 2.22 bits per heavy atom. The van der Waals surface area contributed by atoms with Crippen molar-refractivity contribution in [2.45, 2.75) is 31.4 Å². The Labute approximate surface area is 110 Å². The van der Waals surface area contributed by atoms with E-state index >= 15 is 0 Å². The molecule has 0 saturated carbocycles. The maximum Gasteiger partial charge on any atom is 0.251 e. The second-order valence-corrected chi connectivity index (χ2v) is 5.48.